The van der Waals surface area contributed by atoms with Crippen LogP contribution in [0.25, 0.3) is 11.0 Å². The topological polar surface area (TPSA) is 73.2 Å². The van der Waals surface area contributed by atoms with Gasteiger partial charge >= 0.3 is 0 Å². The summed E-state index contributed by atoms with van der Waals surface area (Å²) in [6, 6.07) is 7.23. The number of carbonyl (C=O) groups is 1. The van der Waals surface area contributed by atoms with E-state index in [2.05, 4.69) is 10.3 Å². The van der Waals surface area contributed by atoms with Crippen molar-refractivity contribution < 1.29 is 9.53 Å². The number of aromatic nitrogens is 2. The van der Waals surface area contributed by atoms with Gasteiger partial charge in [-0.05, 0) is 31.9 Å². The first-order chi connectivity index (χ1) is 10.6. The number of carbonyl (C=O) groups excluding carboxylic acids is 1. The lowest BCUT2D eigenvalue weighted by molar-refractivity contribution is -0.123. The van der Waals surface area contributed by atoms with Gasteiger partial charge in [-0.3, -0.25) is 14.2 Å². The average molecular weight is 301 g/mol. The van der Waals surface area contributed by atoms with E-state index in [4.69, 9.17) is 4.74 Å². The summed E-state index contributed by atoms with van der Waals surface area (Å²) >= 11 is 0. The standard InChI is InChI=1S/C16H19N3O3/c1-11(14-7-4-8-22-14)18-15(20)10-19-13-6-3-2-5-12(13)17-9-16(19)21/h2-3,5-6,9,11,14H,4,7-8,10H2,1H3,(H,18,20)/t11-,14-/m1/s1. The highest BCUT2D eigenvalue weighted by Gasteiger charge is 2.23. The number of amides is 1. The molecular weight excluding hydrogens is 282 g/mol. The number of rotatable bonds is 4. The monoisotopic (exact) mass is 301 g/mol. The van der Waals surface area contributed by atoms with Gasteiger partial charge in [-0.25, -0.2) is 4.98 Å². The third-order valence-corrected chi connectivity index (χ3v) is 3.97. The van der Waals surface area contributed by atoms with Gasteiger partial charge < -0.3 is 10.1 Å². The molecule has 2 heterocycles. The van der Waals surface area contributed by atoms with Gasteiger partial charge in [0.2, 0.25) is 5.91 Å². The van der Waals surface area contributed by atoms with E-state index >= 15 is 0 Å². The Balaban J connectivity index is 1.76. The van der Waals surface area contributed by atoms with E-state index in [1.807, 2.05) is 25.1 Å². The molecule has 0 saturated carbocycles. The van der Waals surface area contributed by atoms with E-state index in [1.165, 1.54) is 10.8 Å². The Morgan fingerprint density at radius 2 is 2.32 bits per heavy atom. The molecule has 0 spiro atoms. The number of fused-ring (bicyclic) bond motifs is 1. The van der Waals surface area contributed by atoms with Gasteiger partial charge in [0.05, 0.1) is 29.4 Å². The van der Waals surface area contributed by atoms with Gasteiger partial charge in [0.25, 0.3) is 5.56 Å². The van der Waals surface area contributed by atoms with Crippen LogP contribution >= 0.6 is 0 Å². The molecule has 6 nitrogen and oxygen atoms in total. The number of ether oxygens (including phenoxy) is 1. The van der Waals surface area contributed by atoms with Crippen molar-refractivity contribution in [1.82, 2.24) is 14.9 Å². The quantitative estimate of drug-likeness (QED) is 0.917. The van der Waals surface area contributed by atoms with Crippen molar-refractivity contribution in [3.63, 3.8) is 0 Å². The number of nitrogens with zero attached hydrogens (tertiary/aromatic N) is 2. The molecule has 1 saturated heterocycles. The molecule has 2 atom stereocenters. The lowest BCUT2D eigenvalue weighted by Gasteiger charge is -2.20. The predicted octanol–water partition coefficient (Wildman–Crippen LogP) is 1.08. The second kappa shape index (κ2) is 6.27. The highest BCUT2D eigenvalue weighted by atomic mass is 16.5. The van der Waals surface area contributed by atoms with Crippen molar-refractivity contribution in [3.8, 4) is 0 Å². The van der Waals surface area contributed by atoms with Crippen LogP contribution in [-0.4, -0.2) is 34.2 Å². The normalized spacial score (nSPS) is 19.2. The second-order valence-corrected chi connectivity index (χ2v) is 5.58. The van der Waals surface area contributed by atoms with Crippen LogP contribution in [0, 0.1) is 0 Å². The lowest BCUT2D eigenvalue weighted by Crippen LogP contribution is -2.43. The highest BCUT2D eigenvalue weighted by Crippen LogP contribution is 2.15. The Labute approximate surface area is 128 Å². The van der Waals surface area contributed by atoms with Crippen LogP contribution in [0.3, 0.4) is 0 Å². The zero-order valence-corrected chi connectivity index (χ0v) is 12.5. The van der Waals surface area contributed by atoms with Crippen LogP contribution in [0.2, 0.25) is 0 Å². The molecule has 1 fully saturated rings. The first-order valence-electron chi connectivity index (χ1n) is 7.51. The maximum atomic E-state index is 12.2. The molecule has 116 valence electrons. The van der Waals surface area contributed by atoms with Crippen molar-refractivity contribution in [1.29, 1.82) is 0 Å². The van der Waals surface area contributed by atoms with Crippen molar-refractivity contribution in [2.24, 2.45) is 0 Å². The number of para-hydroxylation sites is 2. The first kappa shape index (κ1) is 14.7. The Hall–Kier alpha value is -2.21. The molecule has 0 unspecified atom stereocenters. The minimum atomic E-state index is -0.279. The van der Waals surface area contributed by atoms with Crippen LogP contribution in [0.4, 0.5) is 0 Å². The molecule has 1 amide bonds. The lowest BCUT2D eigenvalue weighted by atomic mass is 10.1. The molecule has 1 aliphatic rings. The molecule has 0 radical (unpaired) electrons. The van der Waals surface area contributed by atoms with Gasteiger partial charge in [-0.2, -0.15) is 0 Å². The smallest absolute Gasteiger partial charge is 0.269 e. The number of hydrogen-bond acceptors (Lipinski definition) is 4. The zero-order valence-electron chi connectivity index (χ0n) is 12.5. The summed E-state index contributed by atoms with van der Waals surface area (Å²) in [5.41, 5.74) is 1.08. The molecule has 2 aromatic rings. The van der Waals surface area contributed by atoms with Gasteiger partial charge in [0.15, 0.2) is 0 Å². The summed E-state index contributed by atoms with van der Waals surface area (Å²) in [4.78, 5) is 28.3. The maximum absolute atomic E-state index is 12.2. The fraction of sp³-hybridized carbons (Fsp3) is 0.438. The van der Waals surface area contributed by atoms with Gasteiger partial charge in [-0.1, -0.05) is 12.1 Å². The molecule has 1 aromatic heterocycles. The molecular formula is C16H19N3O3. The van der Waals surface area contributed by atoms with Gasteiger partial charge in [-0.15, -0.1) is 0 Å². The molecule has 1 aliphatic heterocycles. The van der Waals surface area contributed by atoms with Crippen molar-refractivity contribution >= 4 is 16.9 Å². The molecule has 1 aromatic carbocycles. The molecule has 22 heavy (non-hydrogen) atoms. The van der Waals surface area contributed by atoms with Crippen LogP contribution < -0.4 is 10.9 Å². The molecule has 6 heteroatoms. The summed E-state index contributed by atoms with van der Waals surface area (Å²) in [6.45, 7) is 2.67. The number of nitrogens with one attached hydrogen (secondary N) is 1. The van der Waals surface area contributed by atoms with Crippen molar-refractivity contribution in [3.05, 3.63) is 40.8 Å². The Morgan fingerprint density at radius 1 is 1.50 bits per heavy atom. The Bertz CT molecular complexity index is 735. The van der Waals surface area contributed by atoms with E-state index in [0.29, 0.717) is 11.0 Å². The fourth-order valence-electron chi connectivity index (χ4n) is 2.81. The predicted molar refractivity (Wildman–Crippen MR) is 82.6 cm³/mol. The molecule has 0 bridgehead atoms. The molecule has 3 rings (SSSR count). The maximum Gasteiger partial charge on any atom is 0.269 e. The van der Waals surface area contributed by atoms with Gasteiger partial charge in [0, 0.05) is 6.61 Å². The van der Waals surface area contributed by atoms with Crippen LogP contribution in [0.5, 0.6) is 0 Å². The summed E-state index contributed by atoms with van der Waals surface area (Å²) in [6.07, 6.45) is 3.30. The third kappa shape index (κ3) is 3.01. The summed E-state index contributed by atoms with van der Waals surface area (Å²) in [5, 5.41) is 2.92. The number of hydrogen-bond donors (Lipinski definition) is 1. The van der Waals surface area contributed by atoms with Crippen LogP contribution in [0.15, 0.2) is 35.3 Å². The van der Waals surface area contributed by atoms with E-state index < -0.39 is 0 Å². The van der Waals surface area contributed by atoms with Crippen LogP contribution in [-0.2, 0) is 16.1 Å². The number of benzene rings is 1. The van der Waals surface area contributed by atoms with Crippen LogP contribution in [0.1, 0.15) is 19.8 Å². The molecule has 0 aliphatic carbocycles. The van der Waals surface area contributed by atoms with E-state index in [1.54, 1.807) is 6.07 Å². The van der Waals surface area contributed by atoms with E-state index in [9.17, 15) is 9.59 Å². The largest absolute Gasteiger partial charge is 0.376 e. The minimum Gasteiger partial charge on any atom is -0.376 e. The zero-order chi connectivity index (χ0) is 15.5. The average Bonchev–Trinajstić information content (AvgIpc) is 3.04. The Morgan fingerprint density at radius 3 is 3.09 bits per heavy atom. The fourth-order valence-corrected chi connectivity index (χ4v) is 2.81. The Kier molecular flexibility index (Phi) is 4.20. The highest BCUT2D eigenvalue weighted by molar-refractivity contribution is 5.80. The minimum absolute atomic E-state index is 0.0150. The first-order valence-corrected chi connectivity index (χ1v) is 7.51. The van der Waals surface area contributed by atoms with Crippen molar-refractivity contribution in [2.75, 3.05) is 6.61 Å². The SMILES string of the molecule is C[C@@H](NC(=O)Cn1c(=O)cnc2ccccc21)[C@H]1CCCO1. The summed E-state index contributed by atoms with van der Waals surface area (Å²) in [7, 11) is 0. The van der Waals surface area contributed by atoms with E-state index in [0.717, 1.165) is 19.4 Å². The second-order valence-electron chi connectivity index (χ2n) is 5.58. The van der Waals surface area contributed by atoms with Crippen molar-refractivity contribution in [2.45, 2.75) is 38.5 Å². The molecule has 1 N–H and O–H groups in total. The summed E-state index contributed by atoms with van der Waals surface area (Å²) in [5.74, 6) is -0.193. The van der Waals surface area contributed by atoms with E-state index in [-0.39, 0.29) is 30.2 Å². The summed E-state index contributed by atoms with van der Waals surface area (Å²) < 4.78 is 7.01. The third-order valence-electron chi connectivity index (χ3n) is 3.97. The van der Waals surface area contributed by atoms with Gasteiger partial charge in [0.1, 0.15) is 6.54 Å².